The predicted molar refractivity (Wildman–Crippen MR) is 145 cm³/mol. The van der Waals surface area contributed by atoms with Crippen LogP contribution in [0.1, 0.15) is 45.3 Å². The number of carbonyl (C=O) groups excluding carboxylic acids is 2. The second-order valence-corrected chi connectivity index (χ2v) is 9.98. The first kappa shape index (κ1) is 26.8. The van der Waals surface area contributed by atoms with Crippen molar-refractivity contribution in [1.82, 2.24) is 14.8 Å². The highest BCUT2D eigenvalue weighted by molar-refractivity contribution is 6.04. The van der Waals surface area contributed by atoms with Gasteiger partial charge in [-0.1, -0.05) is 24.3 Å². The van der Waals surface area contributed by atoms with Crippen molar-refractivity contribution >= 4 is 17.5 Å². The number of carbonyl (C=O) groups is 2. The van der Waals surface area contributed by atoms with Crippen LogP contribution in [0.5, 0.6) is 0 Å². The number of hydrogen-bond acceptors (Lipinski definition) is 6. The molecule has 8 nitrogen and oxygen atoms in total. The number of furan rings is 1. The second kappa shape index (κ2) is 11.9. The van der Waals surface area contributed by atoms with Crippen LogP contribution in [0.3, 0.4) is 0 Å². The van der Waals surface area contributed by atoms with Crippen molar-refractivity contribution in [3.8, 4) is 0 Å². The van der Waals surface area contributed by atoms with E-state index in [4.69, 9.17) is 14.3 Å². The third-order valence-electron chi connectivity index (χ3n) is 7.39. The van der Waals surface area contributed by atoms with Gasteiger partial charge in [-0.05, 0) is 60.9 Å². The molecule has 39 heavy (non-hydrogen) atoms. The predicted octanol–water partition coefficient (Wildman–Crippen LogP) is 4.19. The summed E-state index contributed by atoms with van der Waals surface area (Å²) in [6.07, 6.45) is 2.05. The Hall–Kier alpha value is -3.82. The van der Waals surface area contributed by atoms with Gasteiger partial charge in [-0.25, -0.2) is 9.40 Å². The second-order valence-electron chi connectivity index (χ2n) is 9.98. The van der Waals surface area contributed by atoms with Crippen molar-refractivity contribution < 1.29 is 23.1 Å². The van der Waals surface area contributed by atoms with Gasteiger partial charge in [0.2, 0.25) is 0 Å². The molecular weight excluding hydrogens is 499 g/mol. The van der Waals surface area contributed by atoms with Gasteiger partial charge < -0.3 is 14.1 Å². The summed E-state index contributed by atoms with van der Waals surface area (Å²) in [6, 6.07) is 15.1. The number of rotatable bonds is 8. The first-order valence-electron chi connectivity index (χ1n) is 13.2. The van der Waals surface area contributed by atoms with E-state index in [1.165, 1.54) is 33.7 Å². The van der Waals surface area contributed by atoms with Gasteiger partial charge in [-0.3, -0.25) is 14.5 Å². The fourth-order valence-electron chi connectivity index (χ4n) is 4.92. The third kappa shape index (κ3) is 6.10. The van der Waals surface area contributed by atoms with Crippen molar-refractivity contribution in [2.45, 2.75) is 26.3 Å². The first-order valence-corrected chi connectivity index (χ1v) is 13.2. The summed E-state index contributed by atoms with van der Waals surface area (Å²) in [6.45, 7) is 7.40. The number of ether oxygens (including phenoxy) is 1. The largest absolute Gasteiger partial charge is 0.467 e. The average Bonchev–Trinajstić information content (AvgIpc) is 3.63. The lowest BCUT2D eigenvalue weighted by Crippen LogP contribution is -2.46. The van der Waals surface area contributed by atoms with Gasteiger partial charge in [0, 0.05) is 32.6 Å². The van der Waals surface area contributed by atoms with E-state index in [9.17, 15) is 14.0 Å². The minimum absolute atomic E-state index is 0.0596. The standard InChI is InChI=1S/C30H33FN4O4/c1-21-9-10-23(18-22(21)2)26-19-27(28-8-5-15-39-28)35(32-26)29(36)20-34(12-11-33-13-16-38-17-14-33)30(37)24-6-3-4-7-25(24)31/h3-10,15,18,27H,11-14,16-17,19-20H2,1-2H3/t27-/m1/s1. The van der Waals surface area contributed by atoms with E-state index in [1.54, 1.807) is 18.4 Å². The van der Waals surface area contributed by atoms with Crippen LogP contribution < -0.4 is 0 Å². The van der Waals surface area contributed by atoms with Crippen molar-refractivity contribution in [3.63, 3.8) is 0 Å². The molecule has 204 valence electrons. The quantitative estimate of drug-likeness (QED) is 0.435. The fraction of sp³-hybridized carbons (Fsp3) is 0.367. The molecule has 1 aromatic heterocycles. The molecule has 1 saturated heterocycles. The summed E-state index contributed by atoms with van der Waals surface area (Å²) in [7, 11) is 0. The topological polar surface area (TPSA) is 78.6 Å². The Balaban J connectivity index is 1.40. The number of hydrazone groups is 1. The lowest BCUT2D eigenvalue weighted by Gasteiger charge is -2.31. The molecule has 2 aliphatic rings. The van der Waals surface area contributed by atoms with Crippen LogP contribution >= 0.6 is 0 Å². The van der Waals surface area contributed by atoms with Crippen molar-refractivity contribution in [2.24, 2.45) is 5.10 Å². The summed E-state index contributed by atoms with van der Waals surface area (Å²) in [4.78, 5) is 30.8. The Morgan fingerprint density at radius 3 is 2.56 bits per heavy atom. The zero-order valence-electron chi connectivity index (χ0n) is 22.3. The molecule has 2 aliphatic heterocycles. The van der Waals surface area contributed by atoms with Gasteiger partial charge in [0.05, 0.1) is 30.8 Å². The molecule has 5 rings (SSSR count). The zero-order valence-corrected chi connectivity index (χ0v) is 22.3. The molecule has 0 unspecified atom stereocenters. The van der Waals surface area contributed by atoms with E-state index < -0.39 is 17.8 Å². The number of nitrogens with zero attached hydrogens (tertiary/aromatic N) is 4. The molecular formula is C30H33FN4O4. The van der Waals surface area contributed by atoms with Crippen molar-refractivity contribution in [2.75, 3.05) is 45.9 Å². The molecule has 2 aromatic carbocycles. The Labute approximate surface area is 227 Å². The van der Waals surface area contributed by atoms with Crippen LogP contribution in [-0.4, -0.2) is 78.3 Å². The Morgan fingerprint density at radius 1 is 1.05 bits per heavy atom. The van der Waals surface area contributed by atoms with E-state index in [-0.39, 0.29) is 24.6 Å². The van der Waals surface area contributed by atoms with Gasteiger partial charge in [-0.2, -0.15) is 5.10 Å². The minimum atomic E-state index is -0.615. The third-order valence-corrected chi connectivity index (χ3v) is 7.39. The highest BCUT2D eigenvalue weighted by Gasteiger charge is 2.36. The van der Waals surface area contributed by atoms with Gasteiger partial charge in [0.25, 0.3) is 11.8 Å². The zero-order chi connectivity index (χ0) is 27.4. The molecule has 1 fully saturated rings. The molecule has 9 heteroatoms. The lowest BCUT2D eigenvalue weighted by atomic mass is 9.99. The van der Waals surface area contributed by atoms with E-state index in [1.807, 2.05) is 25.1 Å². The maximum absolute atomic E-state index is 14.6. The number of amides is 2. The van der Waals surface area contributed by atoms with Crippen LogP contribution in [0.15, 0.2) is 70.4 Å². The Kier molecular flexibility index (Phi) is 8.18. The molecule has 0 N–H and O–H groups in total. The van der Waals surface area contributed by atoms with E-state index >= 15 is 0 Å². The molecule has 0 spiro atoms. The van der Waals surface area contributed by atoms with Gasteiger partial charge in [-0.15, -0.1) is 0 Å². The van der Waals surface area contributed by atoms with Crippen molar-refractivity contribution in [1.29, 1.82) is 0 Å². The van der Waals surface area contributed by atoms with Crippen LogP contribution in [0.25, 0.3) is 0 Å². The molecule has 3 heterocycles. The molecule has 0 bridgehead atoms. The summed E-state index contributed by atoms with van der Waals surface area (Å²) >= 11 is 0. The van der Waals surface area contributed by atoms with Crippen LogP contribution in [0, 0.1) is 19.7 Å². The van der Waals surface area contributed by atoms with E-state index in [0.717, 1.165) is 29.9 Å². The molecule has 1 atom stereocenters. The first-order chi connectivity index (χ1) is 18.9. The number of aryl methyl sites for hydroxylation is 2. The van der Waals surface area contributed by atoms with E-state index in [0.29, 0.717) is 31.9 Å². The molecule has 3 aromatic rings. The van der Waals surface area contributed by atoms with Crippen molar-refractivity contribution in [3.05, 3.63) is 94.7 Å². The van der Waals surface area contributed by atoms with E-state index in [2.05, 4.69) is 17.9 Å². The molecule has 2 amide bonds. The highest BCUT2D eigenvalue weighted by Crippen LogP contribution is 2.33. The monoisotopic (exact) mass is 532 g/mol. The molecule has 0 radical (unpaired) electrons. The highest BCUT2D eigenvalue weighted by atomic mass is 19.1. The average molecular weight is 533 g/mol. The summed E-state index contributed by atoms with van der Waals surface area (Å²) in [5.41, 5.74) is 3.97. The maximum Gasteiger partial charge on any atom is 0.262 e. The number of benzene rings is 2. The maximum atomic E-state index is 14.6. The fourth-order valence-corrected chi connectivity index (χ4v) is 4.92. The smallest absolute Gasteiger partial charge is 0.262 e. The van der Waals surface area contributed by atoms with Crippen LogP contribution in [-0.2, 0) is 9.53 Å². The summed E-state index contributed by atoms with van der Waals surface area (Å²) < 4.78 is 25.7. The number of halogens is 1. The molecule has 0 aliphatic carbocycles. The van der Waals surface area contributed by atoms with Gasteiger partial charge in [0.1, 0.15) is 24.2 Å². The number of morpholine rings is 1. The SMILES string of the molecule is Cc1ccc(C2=NN(C(=O)CN(CCN3CCOCC3)C(=O)c3ccccc3F)[C@@H](c3ccco3)C2)cc1C. The van der Waals surface area contributed by atoms with Gasteiger partial charge >= 0.3 is 0 Å². The molecule has 0 saturated carbocycles. The number of hydrogen-bond donors (Lipinski definition) is 0. The van der Waals surface area contributed by atoms with Gasteiger partial charge in [0.15, 0.2) is 0 Å². The lowest BCUT2D eigenvalue weighted by molar-refractivity contribution is -0.134. The van der Waals surface area contributed by atoms with Crippen LogP contribution in [0.4, 0.5) is 4.39 Å². The van der Waals surface area contributed by atoms with Crippen LogP contribution in [0.2, 0.25) is 0 Å². The normalized spacial score (nSPS) is 17.8. The Bertz CT molecular complexity index is 1350. The minimum Gasteiger partial charge on any atom is -0.467 e. The Morgan fingerprint density at radius 2 is 1.85 bits per heavy atom. The summed E-state index contributed by atoms with van der Waals surface area (Å²) in [5, 5.41) is 6.14. The summed E-state index contributed by atoms with van der Waals surface area (Å²) in [5.74, 6) is -0.883.